The Morgan fingerprint density at radius 2 is 2.00 bits per heavy atom. The number of rotatable bonds is 4. The van der Waals surface area contributed by atoms with E-state index in [1.165, 1.54) is 12.2 Å². The van der Waals surface area contributed by atoms with E-state index in [1.807, 2.05) is 0 Å². The summed E-state index contributed by atoms with van der Waals surface area (Å²) in [5, 5.41) is 8.79. The van der Waals surface area contributed by atoms with Crippen molar-refractivity contribution < 1.29 is 27.1 Å². The topological polar surface area (TPSA) is 83.5 Å². The molecule has 8 heteroatoms. The molecule has 1 aromatic carbocycles. The third kappa shape index (κ3) is 3.02. The highest BCUT2D eigenvalue weighted by Crippen LogP contribution is 2.21. The Balaban J connectivity index is 2.17. The van der Waals surface area contributed by atoms with Gasteiger partial charge in [0.25, 0.3) is 0 Å². The van der Waals surface area contributed by atoms with E-state index in [4.69, 9.17) is 5.11 Å². The maximum atomic E-state index is 13.5. The average molecular weight is 303 g/mol. The Kier molecular flexibility index (Phi) is 3.87. The SMILES string of the molecule is O=C(O)C1C=CC(NS(=O)(=O)c2ccc(F)cc2F)C1. The quantitative estimate of drug-likeness (QED) is 0.821. The number of hydrogen-bond donors (Lipinski definition) is 2. The second-order valence-corrected chi connectivity index (χ2v) is 6.05. The zero-order valence-corrected chi connectivity index (χ0v) is 10.9. The van der Waals surface area contributed by atoms with Gasteiger partial charge in [-0.15, -0.1) is 0 Å². The van der Waals surface area contributed by atoms with E-state index in [9.17, 15) is 22.0 Å². The first kappa shape index (κ1) is 14.6. The minimum Gasteiger partial charge on any atom is -0.481 e. The van der Waals surface area contributed by atoms with Gasteiger partial charge in [-0.2, -0.15) is 0 Å². The molecule has 2 N–H and O–H groups in total. The van der Waals surface area contributed by atoms with Gasteiger partial charge in [0.15, 0.2) is 0 Å². The second-order valence-electron chi connectivity index (χ2n) is 4.37. The van der Waals surface area contributed by atoms with Gasteiger partial charge in [0.1, 0.15) is 16.5 Å². The Bertz CT molecular complexity index is 672. The lowest BCUT2D eigenvalue weighted by Gasteiger charge is -2.13. The molecule has 2 atom stereocenters. The highest BCUT2D eigenvalue weighted by Gasteiger charge is 2.29. The van der Waals surface area contributed by atoms with Crippen LogP contribution in [0.2, 0.25) is 0 Å². The smallest absolute Gasteiger partial charge is 0.310 e. The molecule has 5 nitrogen and oxygen atoms in total. The van der Waals surface area contributed by atoms with E-state index in [1.54, 1.807) is 0 Å². The molecule has 0 bridgehead atoms. The van der Waals surface area contributed by atoms with Crippen LogP contribution in [0.1, 0.15) is 6.42 Å². The van der Waals surface area contributed by atoms with Crippen LogP contribution in [-0.2, 0) is 14.8 Å². The number of hydrogen-bond acceptors (Lipinski definition) is 3. The normalized spacial score (nSPS) is 22.1. The van der Waals surface area contributed by atoms with Gasteiger partial charge < -0.3 is 5.11 Å². The summed E-state index contributed by atoms with van der Waals surface area (Å²) < 4.78 is 52.3. The molecular weight excluding hydrogens is 292 g/mol. The molecule has 2 unspecified atom stereocenters. The number of benzene rings is 1. The number of carboxylic acids is 1. The monoisotopic (exact) mass is 303 g/mol. The summed E-state index contributed by atoms with van der Waals surface area (Å²) in [4.78, 5) is 10.1. The molecule has 0 fully saturated rings. The van der Waals surface area contributed by atoms with Crippen molar-refractivity contribution in [2.45, 2.75) is 17.4 Å². The van der Waals surface area contributed by atoms with Gasteiger partial charge in [0, 0.05) is 12.1 Å². The Labute approximate surface area is 114 Å². The van der Waals surface area contributed by atoms with Crippen LogP contribution in [0.4, 0.5) is 8.78 Å². The molecule has 0 aromatic heterocycles. The van der Waals surface area contributed by atoms with Crippen LogP contribution in [0.5, 0.6) is 0 Å². The maximum absolute atomic E-state index is 13.5. The van der Waals surface area contributed by atoms with Crippen LogP contribution in [0.3, 0.4) is 0 Å². The van der Waals surface area contributed by atoms with Gasteiger partial charge in [-0.05, 0) is 18.6 Å². The summed E-state index contributed by atoms with van der Waals surface area (Å²) in [7, 11) is -4.18. The molecule has 0 heterocycles. The second kappa shape index (κ2) is 5.29. The molecular formula is C12H11F2NO4S. The Morgan fingerprint density at radius 3 is 2.55 bits per heavy atom. The fourth-order valence-electron chi connectivity index (χ4n) is 1.93. The molecule has 0 saturated carbocycles. The van der Waals surface area contributed by atoms with Crippen LogP contribution in [0.25, 0.3) is 0 Å². The van der Waals surface area contributed by atoms with Crippen molar-refractivity contribution in [1.29, 1.82) is 0 Å². The number of halogens is 2. The van der Waals surface area contributed by atoms with E-state index in [0.29, 0.717) is 6.07 Å². The van der Waals surface area contributed by atoms with E-state index in [-0.39, 0.29) is 6.42 Å². The highest BCUT2D eigenvalue weighted by molar-refractivity contribution is 7.89. The first-order valence-electron chi connectivity index (χ1n) is 5.68. The fourth-order valence-corrected chi connectivity index (χ4v) is 3.19. The van der Waals surface area contributed by atoms with Crippen molar-refractivity contribution in [3.63, 3.8) is 0 Å². The fraction of sp³-hybridized carbons (Fsp3) is 0.250. The lowest BCUT2D eigenvalue weighted by molar-refractivity contribution is -0.140. The first-order chi connectivity index (χ1) is 9.29. The average Bonchev–Trinajstić information content (AvgIpc) is 2.76. The zero-order chi connectivity index (χ0) is 14.9. The molecule has 1 aliphatic carbocycles. The summed E-state index contributed by atoms with van der Waals surface area (Å²) in [5.41, 5.74) is 0. The molecule has 0 radical (unpaired) electrons. The van der Waals surface area contributed by atoms with E-state index >= 15 is 0 Å². The van der Waals surface area contributed by atoms with E-state index < -0.39 is 44.5 Å². The van der Waals surface area contributed by atoms with Crippen LogP contribution in [0.15, 0.2) is 35.2 Å². The number of nitrogens with one attached hydrogen (secondary N) is 1. The minimum atomic E-state index is -4.18. The van der Waals surface area contributed by atoms with Gasteiger partial charge in [-0.1, -0.05) is 12.2 Å². The summed E-state index contributed by atoms with van der Waals surface area (Å²) >= 11 is 0. The maximum Gasteiger partial charge on any atom is 0.310 e. The lowest BCUT2D eigenvalue weighted by Crippen LogP contribution is -2.33. The number of sulfonamides is 1. The van der Waals surface area contributed by atoms with Gasteiger partial charge >= 0.3 is 5.97 Å². The third-order valence-electron chi connectivity index (χ3n) is 2.89. The Morgan fingerprint density at radius 1 is 1.30 bits per heavy atom. The Hall–Kier alpha value is -1.80. The summed E-state index contributed by atoms with van der Waals surface area (Å²) in [6.07, 6.45) is 2.83. The van der Waals surface area contributed by atoms with Crippen LogP contribution < -0.4 is 4.72 Å². The van der Waals surface area contributed by atoms with E-state index in [0.717, 1.165) is 12.1 Å². The molecule has 0 aliphatic heterocycles. The van der Waals surface area contributed by atoms with Crippen molar-refractivity contribution in [3.05, 3.63) is 42.0 Å². The number of carboxylic acid groups (broad SMARTS) is 1. The predicted octanol–water partition coefficient (Wildman–Crippen LogP) is 1.27. The van der Waals surface area contributed by atoms with Gasteiger partial charge in [0.05, 0.1) is 5.92 Å². The van der Waals surface area contributed by atoms with Crippen molar-refractivity contribution >= 4 is 16.0 Å². The first-order valence-corrected chi connectivity index (χ1v) is 7.16. The molecule has 20 heavy (non-hydrogen) atoms. The van der Waals surface area contributed by atoms with Gasteiger partial charge in [0.2, 0.25) is 10.0 Å². The molecule has 0 saturated heterocycles. The van der Waals surface area contributed by atoms with Crippen LogP contribution >= 0.6 is 0 Å². The van der Waals surface area contributed by atoms with Crippen molar-refractivity contribution in [2.75, 3.05) is 0 Å². The van der Waals surface area contributed by atoms with E-state index in [2.05, 4.69) is 4.72 Å². The van der Waals surface area contributed by atoms with Crippen LogP contribution in [-0.4, -0.2) is 25.5 Å². The highest BCUT2D eigenvalue weighted by atomic mass is 32.2. The van der Waals surface area contributed by atoms with Crippen molar-refractivity contribution in [1.82, 2.24) is 4.72 Å². The standard InChI is InChI=1S/C12H11F2NO4S/c13-8-2-4-11(10(14)6-8)20(18,19)15-9-3-1-7(5-9)12(16)17/h1-4,6-7,9,15H,5H2,(H,16,17). The van der Waals surface area contributed by atoms with Crippen molar-refractivity contribution in [2.24, 2.45) is 5.92 Å². The molecule has 0 amide bonds. The summed E-state index contributed by atoms with van der Waals surface area (Å²) in [5.74, 6) is -3.92. The zero-order valence-electron chi connectivity index (χ0n) is 10.1. The summed E-state index contributed by atoms with van der Waals surface area (Å²) in [6, 6.07) is 1.40. The number of carbonyl (C=O) groups is 1. The molecule has 108 valence electrons. The molecule has 0 spiro atoms. The van der Waals surface area contributed by atoms with Crippen LogP contribution in [0, 0.1) is 17.6 Å². The minimum absolute atomic E-state index is 0.0530. The number of aliphatic carboxylic acids is 1. The third-order valence-corrected chi connectivity index (χ3v) is 4.41. The van der Waals surface area contributed by atoms with Gasteiger partial charge in [-0.25, -0.2) is 21.9 Å². The lowest BCUT2D eigenvalue weighted by atomic mass is 10.1. The summed E-state index contributed by atoms with van der Waals surface area (Å²) in [6.45, 7) is 0. The van der Waals surface area contributed by atoms with Gasteiger partial charge in [-0.3, -0.25) is 4.79 Å². The van der Waals surface area contributed by atoms with Crippen molar-refractivity contribution in [3.8, 4) is 0 Å². The molecule has 1 aliphatic rings. The molecule has 2 rings (SSSR count). The largest absolute Gasteiger partial charge is 0.481 e. The molecule has 1 aromatic rings. The predicted molar refractivity (Wildman–Crippen MR) is 65.4 cm³/mol.